The van der Waals surface area contributed by atoms with E-state index in [2.05, 4.69) is 17.1 Å². The Balaban J connectivity index is 1.53. The molecule has 1 amide bonds. The molecule has 2 heterocycles. The zero-order valence-electron chi connectivity index (χ0n) is 15.6. The van der Waals surface area contributed by atoms with Crippen molar-refractivity contribution >= 4 is 5.91 Å². The molecule has 0 saturated carbocycles. The molecule has 1 aliphatic heterocycles. The molecule has 5 nitrogen and oxygen atoms in total. The van der Waals surface area contributed by atoms with Crippen molar-refractivity contribution in [1.29, 1.82) is 0 Å². The second-order valence-corrected chi connectivity index (χ2v) is 6.95. The number of para-hydroxylation sites is 1. The number of likely N-dealkylation sites (tertiary alicyclic amines) is 1. The first-order valence-electron chi connectivity index (χ1n) is 9.17. The molecule has 1 fully saturated rings. The van der Waals surface area contributed by atoms with Gasteiger partial charge in [-0.1, -0.05) is 48.5 Å². The number of imidazole rings is 1. The van der Waals surface area contributed by atoms with Crippen LogP contribution >= 0.6 is 0 Å². The monoisotopic (exact) mass is 361 g/mol. The first kappa shape index (κ1) is 17.3. The normalized spacial score (nSPS) is 16.7. The number of nitrogens with zero attached hydrogens (tertiary/aromatic N) is 2. The number of carbonyl (C=O) groups excluding carboxylic acids is 1. The van der Waals surface area contributed by atoms with Gasteiger partial charge in [0.1, 0.15) is 11.6 Å². The fraction of sp³-hybridized carbons (Fsp3) is 0.273. The van der Waals surface area contributed by atoms with Crippen LogP contribution in [0, 0.1) is 6.92 Å². The molecule has 1 aliphatic rings. The van der Waals surface area contributed by atoms with Crippen LogP contribution in [0.1, 0.15) is 29.4 Å². The van der Waals surface area contributed by atoms with Crippen molar-refractivity contribution in [3.8, 4) is 17.0 Å². The van der Waals surface area contributed by atoms with E-state index in [-0.39, 0.29) is 11.8 Å². The lowest BCUT2D eigenvalue weighted by atomic mass is 10.1. The van der Waals surface area contributed by atoms with E-state index >= 15 is 0 Å². The Morgan fingerprint density at radius 2 is 1.89 bits per heavy atom. The number of hydrogen-bond donors (Lipinski definition) is 1. The maximum Gasteiger partial charge on any atom is 0.223 e. The highest BCUT2D eigenvalue weighted by molar-refractivity contribution is 5.79. The predicted molar refractivity (Wildman–Crippen MR) is 105 cm³/mol. The summed E-state index contributed by atoms with van der Waals surface area (Å²) in [4.78, 5) is 22.7. The molecule has 5 heteroatoms. The van der Waals surface area contributed by atoms with Crippen LogP contribution in [0.5, 0.6) is 5.75 Å². The number of aromatic nitrogens is 2. The average Bonchev–Trinajstić information content (AvgIpc) is 3.26. The summed E-state index contributed by atoms with van der Waals surface area (Å²) in [5, 5.41) is 0. The Morgan fingerprint density at radius 3 is 2.67 bits per heavy atom. The van der Waals surface area contributed by atoms with Crippen LogP contribution in [-0.4, -0.2) is 34.4 Å². The third-order valence-corrected chi connectivity index (χ3v) is 5.11. The van der Waals surface area contributed by atoms with Crippen LogP contribution in [-0.2, 0) is 11.3 Å². The second kappa shape index (κ2) is 7.27. The molecule has 3 aromatic rings. The predicted octanol–water partition coefficient (Wildman–Crippen LogP) is 3.91. The van der Waals surface area contributed by atoms with Crippen molar-refractivity contribution in [2.45, 2.75) is 25.8 Å². The quantitative estimate of drug-likeness (QED) is 0.750. The summed E-state index contributed by atoms with van der Waals surface area (Å²) in [6.45, 7) is 3.25. The van der Waals surface area contributed by atoms with Gasteiger partial charge in [0, 0.05) is 42.2 Å². The van der Waals surface area contributed by atoms with Crippen molar-refractivity contribution in [3.63, 3.8) is 0 Å². The Hall–Kier alpha value is -3.08. The summed E-state index contributed by atoms with van der Waals surface area (Å²) in [5.74, 6) is 1.95. The van der Waals surface area contributed by atoms with Gasteiger partial charge in [-0.05, 0) is 13.0 Å². The van der Waals surface area contributed by atoms with Crippen LogP contribution < -0.4 is 4.74 Å². The van der Waals surface area contributed by atoms with E-state index in [9.17, 15) is 4.79 Å². The smallest absolute Gasteiger partial charge is 0.223 e. The lowest BCUT2D eigenvalue weighted by Gasteiger charge is -2.18. The lowest BCUT2D eigenvalue weighted by Crippen LogP contribution is -2.24. The third-order valence-electron chi connectivity index (χ3n) is 5.11. The number of rotatable bonds is 5. The standard InChI is InChI=1S/C22H23N3O2/c1-15-21(16-8-4-3-5-9-16)24-22(23-15)18-12-20(26)25(14-18)13-17-10-6-7-11-19(17)27-2/h3-11,18H,12-14H2,1-2H3,(H,23,24)/t18-/m0/s1. The van der Waals surface area contributed by atoms with Gasteiger partial charge >= 0.3 is 0 Å². The van der Waals surface area contributed by atoms with Crippen molar-refractivity contribution in [2.24, 2.45) is 0 Å². The summed E-state index contributed by atoms with van der Waals surface area (Å²) in [5.41, 5.74) is 4.11. The molecule has 1 atom stereocenters. The Kier molecular flexibility index (Phi) is 4.67. The molecule has 138 valence electrons. The number of carbonyl (C=O) groups is 1. The number of hydrogen-bond acceptors (Lipinski definition) is 3. The van der Waals surface area contributed by atoms with Gasteiger partial charge in [-0.25, -0.2) is 4.98 Å². The molecule has 0 radical (unpaired) electrons. The summed E-state index contributed by atoms with van der Waals surface area (Å²) in [6.07, 6.45) is 0.482. The molecule has 0 aliphatic carbocycles. The second-order valence-electron chi connectivity index (χ2n) is 6.95. The van der Waals surface area contributed by atoms with Crippen molar-refractivity contribution in [2.75, 3.05) is 13.7 Å². The summed E-state index contributed by atoms with van der Waals surface area (Å²) in [6, 6.07) is 18.0. The van der Waals surface area contributed by atoms with Crippen LogP contribution in [0.15, 0.2) is 54.6 Å². The number of amides is 1. The van der Waals surface area contributed by atoms with Crippen LogP contribution in [0.4, 0.5) is 0 Å². The van der Waals surface area contributed by atoms with E-state index in [4.69, 9.17) is 9.72 Å². The van der Waals surface area contributed by atoms with Crippen molar-refractivity contribution < 1.29 is 9.53 Å². The van der Waals surface area contributed by atoms with E-state index in [1.54, 1.807) is 7.11 Å². The van der Waals surface area contributed by atoms with E-state index < -0.39 is 0 Å². The Bertz CT molecular complexity index is 949. The zero-order valence-corrected chi connectivity index (χ0v) is 15.6. The minimum atomic E-state index is 0.0865. The van der Waals surface area contributed by atoms with Crippen LogP contribution in [0.3, 0.4) is 0 Å². The van der Waals surface area contributed by atoms with Gasteiger partial charge in [-0.3, -0.25) is 4.79 Å². The number of H-pyrrole nitrogens is 1. The van der Waals surface area contributed by atoms with Crippen LogP contribution in [0.25, 0.3) is 11.3 Å². The SMILES string of the molecule is COc1ccccc1CN1C[C@@H](c2nc(-c3ccccc3)c(C)[nH]2)CC1=O. The van der Waals surface area contributed by atoms with Crippen molar-refractivity contribution in [1.82, 2.24) is 14.9 Å². The highest BCUT2D eigenvalue weighted by Crippen LogP contribution is 2.31. The number of ether oxygens (including phenoxy) is 1. The number of aromatic amines is 1. The molecule has 1 saturated heterocycles. The topological polar surface area (TPSA) is 58.2 Å². The van der Waals surface area contributed by atoms with Gasteiger partial charge in [0.2, 0.25) is 5.91 Å². The molecule has 4 rings (SSSR count). The number of aryl methyl sites for hydroxylation is 1. The Labute approximate surface area is 159 Å². The maximum absolute atomic E-state index is 12.6. The minimum absolute atomic E-state index is 0.0865. The summed E-state index contributed by atoms with van der Waals surface area (Å²) >= 11 is 0. The molecule has 27 heavy (non-hydrogen) atoms. The number of methoxy groups -OCH3 is 1. The summed E-state index contributed by atoms with van der Waals surface area (Å²) < 4.78 is 5.41. The highest BCUT2D eigenvalue weighted by Gasteiger charge is 2.33. The average molecular weight is 361 g/mol. The lowest BCUT2D eigenvalue weighted by molar-refractivity contribution is -0.128. The van der Waals surface area contributed by atoms with Gasteiger partial charge in [-0.2, -0.15) is 0 Å². The molecule has 0 spiro atoms. The van der Waals surface area contributed by atoms with Gasteiger partial charge in [-0.15, -0.1) is 0 Å². The van der Waals surface area contributed by atoms with E-state index in [0.29, 0.717) is 19.5 Å². The largest absolute Gasteiger partial charge is 0.496 e. The molecule has 0 unspecified atom stereocenters. The van der Waals surface area contributed by atoms with Crippen LogP contribution in [0.2, 0.25) is 0 Å². The molecule has 1 N–H and O–H groups in total. The maximum atomic E-state index is 12.6. The number of benzene rings is 2. The number of nitrogens with one attached hydrogen (secondary N) is 1. The van der Waals surface area contributed by atoms with Gasteiger partial charge < -0.3 is 14.6 Å². The molecule has 1 aromatic heterocycles. The summed E-state index contributed by atoms with van der Waals surface area (Å²) in [7, 11) is 1.66. The third kappa shape index (κ3) is 3.45. The van der Waals surface area contributed by atoms with Gasteiger partial charge in [0.25, 0.3) is 0 Å². The van der Waals surface area contributed by atoms with E-state index in [1.165, 1.54) is 0 Å². The fourth-order valence-electron chi connectivity index (χ4n) is 3.70. The molecular weight excluding hydrogens is 338 g/mol. The molecular formula is C22H23N3O2. The minimum Gasteiger partial charge on any atom is -0.496 e. The highest BCUT2D eigenvalue weighted by atomic mass is 16.5. The fourth-order valence-corrected chi connectivity index (χ4v) is 3.70. The van der Waals surface area contributed by atoms with E-state index in [1.807, 2.05) is 54.3 Å². The molecule has 2 aromatic carbocycles. The van der Waals surface area contributed by atoms with E-state index in [0.717, 1.165) is 34.1 Å². The first-order valence-corrected chi connectivity index (χ1v) is 9.17. The first-order chi connectivity index (χ1) is 13.2. The zero-order chi connectivity index (χ0) is 18.8. The van der Waals surface area contributed by atoms with Gasteiger partial charge in [0.15, 0.2) is 0 Å². The molecule has 0 bridgehead atoms. The van der Waals surface area contributed by atoms with Crippen molar-refractivity contribution in [3.05, 3.63) is 71.7 Å². The Morgan fingerprint density at radius 1 is 1.15 bits per heavy atom. The van der Waals surface area contributed by atoms with Gasteiger partial charge in [0.05, 0.1) is 12.8 Å².